The van der Waals surface area contributed by atoms with Crippen molar-refractivity contribution in [2.24, 2.45) is 5.73 Å². The van der Waals surface area contributed by atoms with E-state index in [1.54, 1.807) is 7.11 Å². The Balaban J connectivity index is 3.50. The Hall–Kier alpha value is -1.55. The molecule has 100 valence electrons. The van der Waals surface area contributed by atoms with E-state index in [4.69, 9.17) is 15.2 Å². The molecule has 0 aliphatic carbocycles. The van der Waals surface area contributed by atoms with Gasteiger partial charge in [0.15, 0.2) is 17.3 Å². The summed E-state index contributed by atoms with van der Waals surface area (Å²) in [6, 6.07) is 3.72. The first kappa shape index (κ1) is 14.5. The Morgan fingerprint density at radius 2 is 1.83 bits per heavy atom. The van der Waals surface area contributed by atoms with Gasteiger partial charge in [0.05, 0.1) is 26.3 Å². The van der Waals surface area contributed by atoms with Crippen LogP contribution in [0.15, 0.2) is 12.1 Å². The fraction of sp³-hybridized carbons (Fsp3) is 0.500. The molecule has 0 fully saturated rings. The van der Waals surface area contributed by atoms with E-state index in [9.17, 15) is 4.79 Å². The number of carbonyl (C=O) groups excluding carboxylic acids is 1. The highest BCUT2D eigenvalue weighted by atomic mass is 16.5. The van der Waals surface area contributed by atoms with E-state index in [1.807, 2.05) is 12.1 Å². The highest BCUT2D eigenvalue weighted by Crippen LogP contribution is 2.36. The molecule has 2 N–H and O–H groups in total. The molecule has 0 aliphatic rings. The van der Waals surface area contributed by atoms with Gasteiger partial charge >= 0.3 is 0 Å². The van der Waals surface area contributed by atoms with E-state index >= 15 is 0 Å². The summed E-state index contributed by atoms with van der Waals surface area (Å²) in [5, 5.41) is 0. The first-order valence-corrected chi connectivity index (χ1v) is 5.85. The van der Waals surface area contributed by atoms with Crippen LogP contribution in [-0.4, -0.2) is 26.5 Å². The van der Waals surface area contributed by atoms with E-state index in [1.165, 1.54) is 7.11 Å². The zero-order valence-corrected chi connectivity index (χ0v) is 11.7. The van der Waals surface area contributed by atoms with Crippen LogP contribution in [0.1, 0.15) is 36.7 Å². The molecule has 4 nitrogen and oxygen atoms in total. The molecule has 18 heavy (non-hydrogen) atoms. The summed E-state index contributed by atoms with van der Waals surface area (Å²) >= 11 is 0. The molecule has 1 aromatic carbocycles. The maximum atomic E-state index is 11.9. The number of benzene rings is 1. The number of carbonyl (C=O) groups is 1. The van der Waals surface area contributed by atoms with Crippen LogP contribution in [0.4, 0.5) is 0 Å². The number of Topliss-reactive ketones (excluding diaryl/α,β-unsaturated/α-hetero) is 1. The molecule has 1 rings (SSSR count). The Kier molecular flexibility index (Phi) is 4.35. The zero-order valence-electron chi connectivity index (χ0n) is 11.7. The number of nitrogens with two attached hydrogens (primary N) is 1. The lowest BCUT2D eigenvalue weighted by Crippen LogP contribution is -2.18. The first-order chi connectivity index (χ1) is 8.35. The topological polar surface area (TPSA) is 61.5 Å². The Morgan fingerprint density at radius 3 is 2.22 bits per heavy atom. The maximum Gasteiger partial charge on any atom is 0.180 e. The van der Waals surface area contributed by atoms with Gasteiger partial charge in [0.25, 0.3) is 0 Å². The summed E-state index contributed by atoms with van der Waals surface area (Å²) < 4.78 is 10.5. The maximum absolute atomic E-state index is 11.9. The smallest absolute Gasteiger partial charge is 0.180 e. The van der Waals surface area contributed by atoms with Gasteiger partial charge < -0.3 is 15.2 Å². The molecule has 0 saturated carbocycles. The van der Waals surface area contributed by atoms with Gasteiger partial charge in [-0.05, 0) is 23.1 Å². The van der Waals surface area contributed by atoms with Crippen LogP contribution in [0.3, 0.4) is 0 Å². The second-order valence-electron chi connectivity index (χ2n) is 5.14. The SMILES string of the molecule is COc1cc(C(C)(C)C)cc(C(=O)CN)c1OC. The van der Waals surface area contributed by atoms with Crippen LogP contribution in [0, 0.1) is 0 Å². The van der Waals surface area contributed by atoms with E-state index in [2.05, 4.69) is 20.8 Å². The monoisotopic (exact) mass is 251 g/mol. The Labute approximate surface area is 108 Å². The number of ether oxygens (including phenoxy) is 2. The minimum Gasteiger partial charge on any atom is -0.493 e. The average Bonchev–Trinajstić information content (AvgIpc) is 2.34. The molecule has 0 saturated heterocycles. The predicted octanol–water partition coefficient (Wildman–Crippen LogP) is 2.14. The van der Waals surface area contributed by atoms with Crippen molar-refractivity contribution in [3.05, 3.63) is 23.3 Å². The van der Waals surface area contributed by atoms with Gasteiger partial charge in [-0.1, -0.05) is 20.8 Å². The fourth-order valence-corrected chi connectivity index (χ4v) is 1.71. The van der Waals surface area contributed by atoms with Crippen molar-refractivity contribution in [1.29, 1.82) is 0 Å². The third-order valence-corrected chi connectivity index (χ3v) is 2.83. The largest absolute Gasteiger partial charge is 0.493 e. The molecule has 0 aromatic heterocycles. The zero-order chi connectivity index (χ0) is 13.9. The van der Waals surface area contributed by atoms with Crippen LogP contribution in [0.5, 0.6) is 11.5 Å². The number of hydrogen-bond donors (Lipinski definition) is 1. The van der Waals surface area contributed by atoms with E-state index in [0.717, 1.165) is 5.56 Å². The Bertz CT molecular complexity index is 447. The summed E-state index contributed by atoms with van der Waals surface area (Å²) in [7, 11) is 3.07. The summed E-state index contributed by atoms with van der Waals surface area (Å²) in [6.45, 7) is 6.17. The summed E-state index contributed by atoms with van der Waals surface area (Å²) in [5.74, 6) is 0.846. The van der Waals surface area contributed by atoms with Crippen LogP contribution in [0.25, 0.3) is 0 Å². The summed E-state index contributed by atoms with van der Waals surface area (Å²) in [4.78, 5) is 11.9. The molecular weight excluding hydrogens is 230 g/mol. The lowest BCUT2D eigenvalue weighted by Gasteiger charge is -2.22. The summed E-state index contributed by atoms with van der Waals surface area (Å²) in [6.07, 6.45) is 0. The van der Waals surface area contributed by atoms with E-state index in [-0.39, 0.29) is 17.7 Å². The van der Waals surface area contributed by atoms with E-state index in [0.29, 0.717) is 17.1 Å². The van der Waals surface area contributed by atoms with Crippen molar-refractivity contribution < 1.29 is 14.3 Å². The molecule has 0 aliphatic heterocycles. The van der Waals surface area contributed by atoms with Gasteiger partial charge in [-0.15, -0.1) is 0 Å². The molecule has 0 spiro atoms. The van der Waals surface area contributed by atoms with Crippen LogP contribution >= 0.6 is 0 Å². The highest BCUT2D eigenvalue weighted by molar-refractivity contribution is 6.01. The van der Waals surface area contributed by atoms with Crippen molar-refractivity contribution in [3.63, 3.8) is 0 Å². The standard InChI is InChI=1S/C14H21NO3/c1-14(2,3)9-6-10(11(16)8-15)13(18-5)12(7-9)17-4/h6-7H,8,15H2,1-5H3. The lowest BCUT2D eigenvalue weighted by atomic mass is 9.85. The van der Waals surface area contributed by atoms with Crippen molar-refractivity contribution in [1.82, 2.24) is 0 Å². The van der Waals surface area contributed by atoms with Gasteiger partial charge in [0.2, 0.25) is 0 Å². The van der Waals surface area contributed by atoms with E-state index < -0.39 is 0 Å². The van der Waals surface area contributed by atoms with Gasteiger partial charge in [-0.2, -0.15) is 0 Å². The van der Waals surface area contributed by atoms with Crippen LogP contribution < -0.4 is 15.2 Å². The predicted molar refractivity (Wildman–Crippen MR) is 71.6 cm³/mol. The first-order valence-electron chi connectivity index (χ1n) is 5.85. The third-order valence-electron chi connectivity index (χ3n) is 2.83. The quantitative estimate of drug-likeness (QED) is 0.833. The summed E-state index contributed by atoms with van der Waals surface area (Å²) in [5.41, 5.74) is 6.84. The second-order valence-corrected chi connectivity index (χ2v) is 5.14. The minimum absolute atomic E-state index is 0.0485. The molecule has 0 heterocycles. The normalized spacial score (nSPS) is 11.2. The number of ketones is 1. The molecule has 0 radical (unpaired) electrons. The highest BCUT2D eigenvalue weighted by Gasteiger charge is 2.22. The molecule has 0 unspecified atom stereocenters. The second kappa shape index (κ2) is 5.40. The molecule has 0 bridgehead atoms. The molecule has 4 heteroatoms. The fourth-order valence-electron chi connectivity index (χ4n) is 1.71. The molecule has 1 aromatic rings. The lowest BCUT2D eigenvalue weighted by molar-refractivity contribution is 0.0997. The minimum atomic E-state index is -0.156. The number of hydrogen-bond acceptors (Lipinski definition) is 4. The van der Waals surface area contributed by atoms with Gasteiger partial charge in [0.1, 0.15) is 0 Å². The Morgan fingerprint density at radius 1 is 1.22 bits per heavy atom. The van der Waals surface area contributed by atoms with Gasteiger partial charge in [-0.25, -0.2) is 0 Å². The molecular formula is C14H21NO3. The van der Waals surface area contributed by atoms with Gasteiger partial charge in [0, 0.05) is 0 Å². The van der Waals surface area contributed by atoms with Crippen molar-refractivity contribution in [3.8, 4) is 11.5 Å². The third kappa shape index (κ3) is 2.82. The van der Waals surface area contributed by atoms with Crippen LogP contribution in [0.2, 0.25) is 0 Å². The van der Waals surface area contributed by atoms with Crippen molar-refractivity contribution in [2.45, 2.75) is 26.2 Å². The van der Waals surface area contributed by atoms with Crippen LogP contribution in [-0.2, 0) is 5.41 Å². The number of methoxy groups -OCH3 is 2. The molecule has 0 atom stereocenters. The van der Waals surface area contributed by atoms with Gasteiger partial charge in [-0.3, -0.25) is 4.79 Å². The number of rotatable bonds is 4. The average molecular weight is 251 g/mol. The van der Waals surface area contributed by atoms with Crippen molar-refractivity contribution >= 4 is 5.78 Å². The van der Waals surface area contributed by atoms with Crippen molar-refractivity contribution in [2.75, 3.05) is 20.8 Å². The molecule has 0 amide bonds.